The van der Waals surface area contributed by atoms with Gasteiger partial charge in [-0.3, -0.25) is 0 Å². The zero-order valence-corrected chi connectivity index (χ0v) is 11.4. The normalized spacial score (nSPS) is 34.7. The summed E-state index contributed by atoms with van der Waals surface area (Å²) in [4.78, 5) is 11.2. The number of nitrogens with one attached hydrogen (secondary N) is 1. The Hall–Kier alpha value is -1.19. The van der Waals surface area contributed by atoms with Crippen molar-refractivity contribution in [3.05, 3.63) is 11.8 Å². The third kappa shape index (κ3) is 4.15. The lowest BCUT2D eigenvalue weighted by molar-refractivity contribution is -0.253. The molecule has 1 saturated heterocycles. The van der Waals surface area contributed by atoms with Gasteiger partial charge in [-0.15, -0.1) is 0 Å². The summed E-state index contributed by atoms with van der Waals surface area (Å²) in [5.74, 6) is -0.563. The number of esters is 1. The van der Waals surface area contributed by atoms with Crippen molar-refractivity contribution in [3.8, 4) is 0 Å². The lowest BCUT2D eigenvalue weighted by atomic mass is 9.97. The summed E-state index contributed by atoms with van der Waals surface area (Å²) in [5, 5.41) is 41.0. The van der Waals surface area contributed by atoms with Crippen molar-refractivity contribution in [3.63, 3.8) is 0 Å². The SMILES string of the molecule is CCOC(=O)/C=C(\C)N[C@@H]1[C@@H](O)[C@H](O)[C@@H](CO)O[C@H]1O. The molecule has 0 aromatic heterocycles. The number of allylic oxidation sites excluding steroid dienone is 1. The van der Waals surface area contributed by atoms with Crippen LogP contribution >= 0.6 is 0 Å². The maximum atomic E-state index is 11.2. The molecule has 8 nitrogen and oxygen atoms in total. The molecule has 8 heteroatoms. The molecule has 1 rings (SSSR count). The number of ether oxygens (including phenoxy) is 2. The average molecular weight is 291 g/mol. The Kier molecular flexibility index (Phi) is 6.37. The van der Waals surface area contributed by atoms with Crippen molar-refractivity contribution in [1.82, 2.24) is 5.32 Å². The summed E-state index contributed by atoms with van der Waals surface area (Å²) in [6, 6.07) is -1.03. The van der Waals surface area contributed by atoms with E-state index in [4.69, 9.17) is 14.6 Å². The molecule has 0 unspecified atom stereocenters. The Morgan fingerprint density at radius 2 is 2.00 bits per heavy atom. The minimum atomic E-state index is -1.43. The average Bonchev–Trinajstić information content (AvgIpc) is 2.39. The molecule has 0 aromatic carbocycles. The summed E-state index contributed by atoms with van der Waals surface area (Å²) in [5.41, 5.74) is 0.338. The van der Waals surface area contributed by atoms with Crippen LogP contribution in [0.3, 0.4) is 0 Å². The van der Waals surface area contributed by atoms with Crippen molar-refractivity contribution in [1.29, 1.82) is 0 Å². The number of rotatable bonds is 5. The molecule has 0 amide bonds. The molecule has 1 heterocycles. The van der Waals surface area contributed by atoms with Gasteiger partial charge >= 0.3 is 5.97 Å². The van der Waals surface area contributed by atoms with Crippen LogP contribution in [0.4, 0.5) is 0 Å². The Morgan fingerprint density at radius 3 is 2.55 bits per heavy atom. The Morgan fingerprint density at radius 1 is 1.35 bits per heavy atom. The standard InChI is InChI=1S/C12H21NO7/c1-3-19-8(15)4-6(2)13-9-11(17)10(16)7(5-14)20-12(9)18/h4,7,9-14,16-18H,3,5H2,1-2H3/b6-4+/t7-,9-,10-,11-,12-/m1/s1. The summed E-state index contributed by atoms with van der Waals surface area (Å²) in [7, 11) is 0. The van der Waals surface area contributed by atoms with Gasteiger partial charge in [0.1, 0.15) is 24.4 Å². The Labute approximate surface area is 116 Å². The first-order chi connectivity index (χ1) is 9.40. The molecule has 0 aliphatic carbocycles. The van der Waals surface area contributed by atoms with Gasteiger partial charge in [0.05, 0.1) is 13.2 Å². The predicted octanol–water partition coefficient (Wildman–Crippen LogP) is -2.16. The van der Waals surface area contributed by atoms with Crippen LogP contribution in [0.25, 0.3) is 0 Å². The van der Waals surface area contributed by atoms with E-state index >= 15 is 0 Å². The van der Waals surface area contributed by atoms with Crippen LogP contribution in [0.5, 0.6) is 0 Å². The maximum absolute atomic E-state index is 11.2. The van der Waals surface area contributed by atoms with Crippen molar-refractivity contribution in [2.24, 2.45) is 0 Å². The molecular weight excluding hydrogens is 270 g/mol. The van der Waals surface area contributed by atoms with E-state index in [1.54, 1.807) is 13.8 Å². The monoisotopic (exact) mass is 291 g/mol. The molecule has 1 aliphatic rings. The second-order valence-corrected chi connectivity index (χ2v) is 4.48. The summed E-state index contributed by atoms with van der Waals surface area (Å²) >= 11 is 0. The van der Waals surface area contributed by atoms with Crippen LogP contribution in [0.2, 0.25) is 0 Å². The smallest absolute Gasteiger partial charge is 0.332 e. The molecule has 0 spiro atoms. The molecule has 1 fully saturated rings. The van der Waals surface area contributed by atoms with E-state index in [9.17, 15) is 20.1 Å². The summed E-state index contributed by atoms with van der Waals surface area (Å²) in [6.45, 7) is 2.92. The zero-order chi connectivity index (χ0) is 15.3. The minimum Gasteiger partial charge on any atom is -0.463 e. The Balaban J connectivity index is 2.69. The van der Waals surface area contributed by atoms with E-state index in [2.05, 4.69) is 5.32 Å². The third-order valence-corrected chi connectivity index (χ3v) is 2.92. The number of carbonyl (C=O) groups excluding carboxylic acids is 1. The van der Waals surface area contributed by atoms with Gasteiger partial charge < -0.3 is 35.2 Å². The van der Waals surface area contributed by atoms with E-state index in [-0.39, 0.29) is 6.61 Å². The first-order valence-electron chi connectivity index (χ1n) is 6.32. The number of hydrogen-bond acceptors (Lipinski definition) is 8. The summed E-state index contributed by atoms with van der Waals surface area (Å²) in [6.07, 6.45) is -4.05. The number of hydrogen-bond donors (Lipinski definition) is 5. The summed E-state index contributed by atoms with van der Waals surface area (Å²) < 4.78 is 9.69. The fraction of sp³-hybridized carbons (Fsp3) is 0.750. The molecule has 0 aromatic rings. The molecule has 0 saturated carbocycles. The number of aliphatic hydroxyl groups is 4. The van der Waals surface area contributed by atoms with E-state index in [1.165, 1.54) is 0 Å². The van der Waals surface area contributed by atoms with Crippen molar-refractivity contribution >= 4 is 5.97 Å². The van der Waals surface area contributed by atoms with Crippen LogP contribution in [0.15, 0.2) is 11.8 Å². The first kappa shape index (κ1) is 16.9. The highest BCUT2D eigenvalue weighted by molar-refractivity contribution is 5.82. The van der Waals surface area contributed by atoms with Gasteiger partial charge in [0.2, 0.25) is 0 Å². The van der Waals surface area contributed by atoms with E-state index in [1.807, 2.05) is 0 Å². The van der Waals surface area contributed by atoms with E-state index in [0.29, 0.717) is 5.70 Å². The van der Waals surface area contributed by atoms with Crippen LogP contribution in [-0.4, -0.2) is 70.3 Å². The second kappa shape index (κ2) is 7.55. The van der Waals surface area contributed by atoms with E-state index in [0.717, 1.165) is 6.08 Å². The fourth-order valence-electron chi connectivity index (χ4n) is 1.92. The van der Waals surface area contributed by atoms with Crippen LogP contribution in [0, 0.1) is 0 Å². The number of aliphatic hydroxyl groups excluding tert-OH is 4. The van der Waals surface area contributed by atoms with Gasteiger partial charge in [0, 0.05) is 11.8 Å². The molecule has 20 heavy (non-hydrogen) atoms. The lowest BCUT2D eigenvalue weighted by Gasteiger charge is -2.40. The molecule has 0 radical (unpaired) electrons. The van der Waals surface area contributed by atoms with Gasteiger partial charge in [0.15, 0.2) is 6.29 Å². The highest BCUT2D eigenvalue weighted by Crippen LogP contribution is 2.20. The van der Waals surface area contributed by atoms with Crippen molar-refractivity contribution in [2.45, 2.75) is 44.5 Å². The maximum Gasteiger partial charge on any atom is 0.332 e. The van der Waals surface area contributed by atoms with Gasteiger partial charge in [-0.25, -0.2) is 4.79 Å². The molecule has 5 N–H and O–H groups in total. The minimum absolute atomic E-state index is 0.233. The largest absolute Gasteiger partial charge is 0.463 e. The third-order valence-electron chi connectivity index (χ3n) is 2.92. The van der Waals surface area contributed by atoms with Crippen molar-refractivity contribution < 1.29 is 34.7 Å². The van der Waals surface area contributed by atoms with Crippen LogP contribution < -0.4 is 5.32 Å². The van der Waals surface area contributed by atoms with Crippen LogP contribution in [0.1, 0.15) is 13.8 Å². The molecule has 1 aliphatic heterocycles. The fourth-order valence-corrected chi connectivity index (χ4v) is 1.92. The molecular formula is C12H21NO7. The lowest BCUT2D eigenvalue weighted by Crippen LogP contribution is -2.62. The van der Waals surface area contributed by atoms with Crippen molar-refractivity contribution in [2.75, 3.05) is 13.2 Å². The van der Waals surface area contributed by atoms with Crippen LogP contribution in [-0.2, 0) is 14.3 Å². The van der Waals surface area contributed by atoms with E-state index < -0.39 is 43.2 Å². The van der Waals surface area contributed by atoms with Gasteiger partial charge in [-0.05, 0) is 13.8 Å². The number of carbonyl (C=O) groups is 1. The highest BCUT2D eigenvalue weighted by atomic mass is 16.6. The second-order valence-electron chi connectivity index (χ2n) is 4.48. The Bertz CT molecular complexity index is 360. The van der Waals surface area contributed by atoms with Gasteiger partial charge in [-0.2, -0.15) is 0 Å². The molecule has 0 bridgehead atoms. The highest BCUT2D eigenvalue weighted by Gasteiger charge is 2.43. The molecule has 5 atom stereocenters. The van der Waals surface area contributed by atoms with Gasteiger partial charge in [0.25, 0.3) is 0 Å². The first-order valence-corrected chi connectivity index (χ1v) is 6.32. The van der Waals surface area contributed by atoms with Gasteiger partial charge in [-0.1, -0.05) is 0 Å². The molecule has 116 valence electrons. The zero-order valence-electron chi connectivity index (χ0n) is 11.4. The topological polar surface area (TPSA) is 128 Å². The quantitative estimate of drug-likeness (QED) is 0.286. The predicted molar refractivity (Wildman–Crippen MR) is 67.3 cm³/mol.